The molecule has 6 nitrogen and oxygen atoms in total. The number of nitrogens with zero attached hydrogens (tertiary/aromatic N) is 3. The van der Waals surface area contributed by atoms with E-state index in [-0.39, 0.29) is 0 Å². The number of aromatic nitrogens is 2. The summed E-state index contributed by atoms with van der Waals surface area (Å²) in [4.78, 5) is 7.89. The molecule has 0 radical (unpaired) electrons. The van der Waals surface area contributed by atoms with Gasteiger partial charge in [0.15, 0.2) is 11.5 Å². The van der Waals surface area contributed by atoms with Crippen LogP contribution in [0.1, 0.15) is 12.1 Å². The first-order chi connectivity index (χ1) is 9.85. The molecule has 0 atom stereocenters. The van der Waals surface area contributed by atoms with Gasteiger partial charge in [0.05, 0.1) is 13.2 Å². The molecule has 0 aliphatic carbocycles. The first-order valence-corrected chi connectivity index (χ1v) is 6.24. The highest BCUT2D eigenvalue weighted by Crippen LogP contribution is 2.33. The molecule has 100 valence electrons. The van der Waals surface area contributed by atoms with Gasteiger partial charge in [-0.3, -0.25) is 0 Å². The van der Waals surface area contributed by atoms with Gasteiger partial charge in [-0.25, -0.2) is 9.97 Å². The van der Waals surface area contributed by atoms with Crippen molar-refractivity contribution in [1.82, 2.24) is 9.97 Å². The number of rotatable bonds is 2. The number of hydrogen-bond acceptors (Lipinski definition) is 6. The summed E-state index contributed by atoms with van der Waals surface area (Å²) in [6.07, 6.45) is 2.22. The summed E-state index contributed by atoms with van der Waals surface area (Å²) in [5.41, 5.74) is 1.13. The summed E-state index contributed by atoms with van der Waals surface area (Å²) in [5.74, 6) is 2.02. The van der Waals surface area contributed by atoms with E-state index in [9.17, 15) is 0 Å². The van der Waals surface area contributed by atoms with E-state index in [1.54, 1.807) is 6.07 Å². The molecule has 0 bridgehead atoms. The summed E-state index contributed by atoms with van der Waals surface area (Å²) < 4.78 is 11.2. The van der Waals surface area contributed by atoms with Gasteiger partial charge in [0.1, 0.15) is 23.9 Å². The van der Waals surface area contributed by atoms with Crippen molar-refractivity contribution in [3.8, 4) is 17.6 Å². The molecule has 1 aromatic heterocycles. The lowest BCUT2D eigenvalue weighted by molar-refractivity contribution is 0.297. The van der Waals surface area contributed by atoms with Gasteiger partial charge in [0.25, 0.3) is 0 Å². The van der Waals surface area contributed by atoms with Gasteiger partial charge >= 0.3 is 0 Å². The van der Waals surface area contributed by atoms with Crippen LogP contribution in [0.2, 0.25) is 0 Å². The third-order valence-electron chi connectivity index (χ3n) is 2.80. The molecule has 1 N–H and O–H groups in total. The molecule has 0 fully saturated rings. The zero-order valence-electron chi connectivity index (χ0n) is 10.7. The van der Waals surface area contributed by atoms with Crippen LogP contribution in [0.4, 0.5) is 11.5 Å². The molecule has 20 heavy (non-hydrogen) atoms. The van der Waals surface area contributed by atoms with E-state index in [0.717, 1.165) is 17.9 Å². The smallest absolute Gasteiger partial charge is 0.163 e. The number of ether oxygens (including phenoxy) is 2. The predicted molar refractivity (Wildman–Crippen MR) is 72.1 cm³/mol. The van der Waals surface area contributed by atoms with Crippen LogP contribution in [0.5, 0.6) is 11.5 Å². The third kappa shape index (κ3) is 2.62. The lowest BCUT2D eigenvalue weighted by Gasteiger charge is -2.10. The molecule has 3 rings (SSSR count). The van der Waals surface area contributed by atoms with Crippen molar-refractivity contribution in [1.29, 1.82) is 5.26 Å². The largest absolute Gasteiger partial charge is 0.490 e. The number of nitrogens with one attached hydrogen (secondary N) is 1. The second kappa shape index (κ2) is 5.45. The quantitative estimate of drug-likeness (QED) is 0.899. The summed E-state index contributed by atoms with van der Waals surface area (Å²) in [6.45, 7) is 1.31. The molecule has 2 aromatic rings. The monoisotopic (exact) mass is 268 g/mol. The molecule has 2 heterocycles. The number of nitriles is 1. The highest BCUT2D eigenvalue weighted by atomic mass is 16.5. The summed E-state index contributed by atoms with van der Waals surface area (Å²) in [7, 11) is 0. The standard InChI is InChI=1S/C14H12N4O2/c15-8-11-7-14(17-9-16-11)18-10-2-3-12-13(6-10)20-5-1-4-19-12/h2-3,6-7,9H,1,4-5H2,(H,16,17,18). The predicted octanol–water partition coefficient (Wildman–Crippen LogP) is 2.25. The minimum atomic E-state index is 0.317. The molecule has 6 heteroatoms. The van der Waals surface area contributed by atoms with Crippen molar-refractivity contribution in [2.24, 2.45) is 0 Å². The topological polar surface area (TPSA) is 80.1 Å². The van der Waals surface area contributed by atoms with Gasteiger partial charge in [0, 0.05) is 24.2 Å². The molecule has 0 unspecified atom stereocenters. The van der Waals surface area contributed by atoms with Crippen molar-refractivity contribution in [2.45, 2.75) is 6.42 Å². The van der Waals surface area contributed by atoms with E-state index in [4.69, 9.17) is 14.7 Å². The van der Waals surface area contributed by atoms with Gasteiger partial charge in [-0.05, 0) is 12.1 Å². The van der Waals surface area contributed by atoms with Gasteiger partial charge in [0.2, 0.25) is 0 Å². The van der Waals surface area contributed by atoms with Crippen LogP contribution in [-0.4, -0.2) is 23.2 Å². The zero-order chi connectivity index (χ0) is 13.8. The third-order valence-corrected chi connectivity index (χ3v) is 2.80. The van der Waals surface area contributed by atoms with Crippen molar-refractivity contribution in [3.63, 3.8) is 0 Å². The minimum Gasteiger partial charge on any atom is -0.490 e. The van der Waals surface area contributed by atoms with Gasteiger partial charge < -0.3 is 14.8 Å². The Kier molecular flexibility index (Phi) is 3.33. The molecule has 0 amide bonds. The first kappa shape index (κ1) is 12.2. The van der Waals surface area contributed by atoms with Gasteiger partial charge in [-0.2, -0.15) is 5.26 Å². The normalized spacial score (nSPS) is 13.2. The summed E-state index contributed by atoms with van der Waals surface area (Å²) >= 11 is 0. The minimum absolute atomic E-state index is 0.317. The molecule has 1 aromatic carbocycles. The van der Waals surface area contributed by atoms with Crippen LogP contribution in [0.15, 0.2) is 30.6 Å². The average molecular weight is 268 g/mol. The van der Waals surface area contributed by atoms with Crippen LogP contribution in [0, 0.1) is 11.3 Å². The fourth-order valence-corrected chi connectivity index (χ4v) is 1.88. The maximum Gasteiger partial charge on any atom is 0.163 e. The van der Waals surface area contributed by atoms with Crippen molar-refractivity contribution in [3.05, 3.63) is 36.3 Å². The maximum absolute atomic E-state index is 8.81. The molecule has 1 aliphatic heterocycles. The number of hydrogen-bond donors (Lipinski definition) is 1. The Hall–Kier alpha value is -2.81. The Balaban J connectivity index is 1.84. The zero-order valence-corrected chi connectivity index (χ0v) is 10.7. The van der Waals surface area contributed by atoms with Crippen molar-refractivity contribution < 1.29 is 9.47 Å². The highest BCUT2D eigenvalue weighted by molar-refractivity contribution is 5.61. The molecular weight excluding hydrogens is 256 g/mol. The maximum atomic E-state index is 8.81. The Morgan fingerprint density at radius 3 is 2.80 bits per heavy atom. The van der Waals surface area contributed by atoms with E-state index in [1.165, 1.54) is 6.33 Å². The number of fused-ring (bicyclic) bond motifs is 1. The Labute approximate surface area is 116 Å². The fourth-order valence-electron chi connectivity index (χ4n) is 1.88. The Morgan fingerprint density at radius 1 is 1.10 bits per heavy atom. The number of benzene rings is 1. The van der Waals surface area contributed by atoms with E-state index in [0.29, 0.717) is 30.5 Å². The van der Waals surface area contributed by atoms with E-state index in [1.807, 2.05) is 24.3 Å². The molecule has 0 saturated heterocycles. The Morgan fingerprint density at radius 2 is 1.95 bits per heavy atom. The van der Waals surface area contributed by atoms with Crippen molar-refractivity contribution in [2.75, 3.05) is 18.5 Å². The molecular formula is C14H12N4O2. The number of anilines is 2. The first-order valence-electron chi connectivity index (χ1n) is 6.24. The molecule has 0 saturated carbocycles. The van der Waals surface area contributed by atoms with Crippen LogP contribution in [-0.2, 0) is 0 Å². The van der Waals surface area contributed by atoms with E-state index in [2.05, 4.69) is 15.3 Å². The molecule has 1 aliphatic rings. The summed E-state index contributed by atoms with van der Waals surface area (Å²) in [5, 5.41) is 11.9. The van der Waals surface area contributed by atoms with Crippen LogP contribution >= 0.6 is 0 Å². The average Bonchev–Trinajstić information content (AvgIpc) is 2.72. The van der Waals surface area contributed by atoms with Crippen LogP contribution in [0.25, 0.3) is 0 Å². The van der Waals surface area contributed by atoms with Gasteiger partial charge in [-0.1, -0.05) is 0 Å². The Bertz CT molecular complexity index is 666. The molecule has 0 spiro atoms. The fraction of sp³-hybridized carbons (Fsp3) is 0.214. The highest BCUT2D eigenvalue weighted by Gasteiger charge is 2.11. The summed E-state index contributed by atoms with van der Waals surface area (Å²) in [6, 6.07) is 9.15. The van der Waals surface area contributed by atoms with Crippen LogP contribution in [0.3, 0.4) is 0 Å². The lowest BCUT2D eigenvalue weighted by atomic mass is 10.2. The van der Waals surface area contributed by atoms with E-state index >= 15 is 0 Å². The van der Waals surface area contributed by atoms with Crippen LogP contribution < -0.4 is 14.8 Å². The van der Waals surface area contributed by atoms with Crippen molar-refractivity contribution >= 4 is 11.5 Å². The second-order valence-corrected chi connectivity index (χ2v) is 4.24. The second-order valence-electron chi connectivity index (χ2n) is 4.24. The lowest BCUT2D eigenvalue weighted by Crippen LogP contribution is -1.98. The SMILES string of the molecule is N#Cc1cc(Nc2ccc3c(c2)OCCCO3)ncn1. The van der Waals surface area contributed by atoms with Gasteiger partial charge in [-0.15, -0.1) is 0 Å². The van der Waals surface area contributed by atoms with E-state index < -0.39 is 0 Å².